The summed E-state index contributed by atoms with van der Waals surface area (Å²) in [5, 5.41) is 55.8. The summed E-state index contributed by atoms with van der Waals surface area (Å²) in [6.45, 7) is 20.7. The average molecular weight is 1990 g/mol. The maximum absolute atomic E-state index is 13.2. The third-order valence-electron chi connectivity index (χ3n) is 25.0. The Labute approximate surface area is 857 Å². The number of hydrogen-bond acceptors (Lipinski definition) is 24. The second-order valence-corrected chi connectivity index (χ2v) is 39.5. The van der Waals surface area contributed by atoms with E-state index in [4.69, 9.17) is 28.9 Å². The lowest BCUT2D eigenvalue weighted by Gasteiger charge is -2.20. The van der Waals surface area contributed by atoms with Crippen LogP contribution >= 0.6 is 0 Å². The number of nitrogens with one attached hydrogen (secondary N) is 6. The Morgan fingerprint density at radius 1 is 0.331 bits per heavy atom. The molecule has 33 nitrogen and oxygen atoms in total. The number of nitrogens with zero attached hydrogens (tertiary/aromatic N) is 12. The van der Waals surface area contributed by atoms with Crippen LogP contribution in [0, 0.1) is 12.8 Å². The van der Waals surface area contributed by atoms with Gasteiger partial charge in [-0.1, -0.05) is 297 Å². The van der Waals surface area contributed by atoms with Gasteiger partial charge in [-0.05, 0) is 128 Å². The van der Waals surface area contributed by atoms with Crippen molar-refractivity contribution in [2.75, 3.05) is 19.6 Å². The number of carboxylic acids is 3. The zero-order chi connectivity index (χ0) is 105. The van der Waals surface area contributed by atoms with Gasteiger partial charge in [0, 0.05) is 128 Å². The van der Waals surface area contributed by atoms with Gasteiger partial charge < -0.3 is 60.8 Å². The van der Waals surface area contributed by atoms with Gasteiger partial charge in [-0.3, -0.25) is 43.2 Å². The molecule has 33 heteroatoms. The largest absolute Gasteiger partial charge is 0.481 e. The second kappa shape index (κ2) is 49.9. The molecule has 15 aromatic rings. The minimum atomic E-state index is -1.03. The normalized spacial score (nSPS) is 12.7. The van der Waals surface area contributed by atoms with Crippen LogP contribution in [0.4, 0.5) is 0 Å². The summed E-state index contributed by atoms with van der Waals surface area (Å²) >= 11 is 0. The van der Waals surface area contributed by atoms with Crippen LogP contribution < -0.4 is 31.9 Å². The van der Waals surface area contributed by atoms with Crippen LogP contribution in [0.25, 0.3) is 91.0 Å². The molecule has 1 saturated carbocycles. The van der Waals surface area contributed by atoms with Crippen LogP contribution in [0.5, 0.6) is 0 Å². The van der Waals surface area contributed by atoms with Gasteiger partial charge in [0.25, 0.3) is 35.4 Å². The lowest BCUT2D eigenvalue weighted by atomic mass is 9.86. The van der Waals surface area contributed by atoms with Gasteiger partial charge in [0.05, 0.1) is 36.0 Å². The molecule has 3 atom stereocenters. The van der Waals surface area contributed by atoms with Gasteiger partial charge in [0.15, 0.2) is 29.1 Å². The smallest absolute Gasteiger partial charge is 0.305 e. The summed E-state index contributed by atoms with van der Waals surface area (Å²) in [4.78, 5) is 152. The molecule has 0 aliphatic heterocycles. The number of carboxylic acid groups (broad SMARTS) is 3. The lowest BCUT2D eigenvalue weighted by molar-refractivity contribution is -0.138. The minimum absolute atomic E-state index is 0.0431. The quantitative estimate of drug-likeness (QED) is 0.0175. The third-order valence-corrected chi connectivity index (χ3v) is 25.0. The topological polar surface area (TPSA) is 481 Å². The van der Waals surface area contributed by atoms with Crippen LogP contribution in [0.1, 0.15) is 201 Å². The Balaban J connectivity index is 0.000000176. The second-order valence-electron chi connectivity index (χ2n) is 39.5. The SMILES string of the molecule is CC(C)(C)c1ccc(C(=O)N[C@@H](Cc2ccc(-c3ncc(-c4nc(CC5CCCCC5)no4)cn3)cc2)C(=O)NCCC(=O)O)cc1.CC(C)(C)c1ccc(C(=O)N[C@@H](Cc2ccc(-c3ncc(-c4nc(CCc5ccccc5)no4)cn3)cc2)C(=O)NCCC(=O)O)cc1.Cc1ccc(-c2cccc(-c3noc(-c4cnc(-c5ccc(C[C@H](NC(=O)c6ccc(C(C)(C)C)cc6)C(=O)NCCC(=O)O)cc5)nc4)n3)c2)cc1. The fourth-order valence-electron chi connectivity index (χ4n) is 16.3. The molecular formula is C115H120N18O15. The van der Waals surface area contributed by atoms with Crippen molar-refractivity contribution < 1.29 is 72.0 Å². The molecule has 148 heavy (non-hydrogen) atoms. The zero-order valence-corrected chi connectivity index (χ0v) is 84.3. The van der Waals surface area contributed by atoms with Crippen molar-refractivity contribution in [2.24, 2.45) is 5.92 Å². The molecule has 1 fully saturated rings. The summed E-state index contributed by atoms with van der Waals surface area (Å²) in [5.74, 6) is -0.772. The highest BCUT2D eigenvalue weighted by atomic mass is 16.5. The fraction of sp³-hybridized carbons (Fsp3) is 0.296. The molecule has 0 bridgehead atoms. The van der Waals surface area contributed by atoms with E-state index in [1.54, 1.807) is 73.6 Å². The number of hydrogen-bond donors (Lipinski definition) is 9. The van der Waals surface area contributed by atoms with Gasteiger partial charge in [-0.15, -0.1) is 0 Å². The van der Waals surface area contributed by atoms with Crippen LogP contribution in [-0.2, 0) is 83.5 Å². The monoisotopic (exact) mass is 1990 g/mol. The fourth-order valence-corrected chi connectivity index (χ4v) is 16.3. The molecule has 16 rings (SSSR count). The van der Waals surface area contributed by atoms with Gasteiger partial charge in [-0.2, -0.15) is 15.0 Å². The van der Waals surface area contributed by atoms with Gasteiger partial charge in [-0.25, -0.2) is 29.9 Å². The molecule has 6 heterocycles. The first-order valence-corrected chi connectivity index (χ1v) is 49.2. The predicted octanol–water partition coefficient (Wildman–Crippen LogP) is 17.8. The molecule has 1 aliphatic rings. The van der Waals surface area contributed by atoms with Crippen LogP contribution in [0.3, 0.4) is 0 Å². The molecule has 9 N–H and O–H groups in total. The molecule has 6 amide bonds. The van der Waals surface area contributed by atoms with E-state index in [0.717, 1.165) is 85.4 Å². The van der Waals surface area contributed by atoms with Crippen LogP contribution in [0.2, 0.25) is 0 Å². The number of aliphatic carboxylic acids is 3. The van der Waals surface area contributed by atoms with Crippen molar-refractivity contribution in [1.82, 2.24) is 92.2 Å². The van der Waals surface area contributed by atoms with E-state index in [1.165, 1.54) is 43.2 Å². The highest BCUT2D eigenvalue weighted by molar-refractivity contribution is 6.00. The number of carbonyl (C=O) groups is 9. The maximum atomic E-state index is 13.2. The van der Waals surface area contributed by atoms with Crippen molar-refractivity contribution in [3.63, 3.8) is 0 Å². The standard InChI is InChI=1S/C42H40N6O5.C37H38N6O5.C36H42N6O5/c1-26-8-12-28(13-9-26)31-6-5-7-32(23-31)38-47-41(53-48-38)33-24-44-37(45-25-33)29-14-10-27(11-15-29)22-35(40(52)43-21-20-36(49)50)46-39(51)30-16-18-34(19-17-30)42(2,3)4;1-37(2,3)29-16-14-27(15-17-29)34(46)41-30(35(47)38-20-19-32(44)45)21-25-9-12-26(13-10-25)33-39-22-28(23-40-33)36-42-31(43-48-36)18-11-24-7-5-4-6-8-24;1-36(2,3)28-15-13-26(14-16-28)33(45)40-29(34(46)37-18-17-31(43)44)19-24-9-11-25(12-10-24)32-38-21-27(22-39-32)35-41-30(42-47-35)20-23-7-5-4-6-8-23/h5-19,23-25,35H,20-22H2,1-4H3,(H,43,52)(H,46,51)(H,49,50);4-10,12-17,22-23,30H,11,18-21H2,1-3H3,(H,38,47)(H,41,46)(H,44,45);9-16,21-23,29H,4-8,17-20H2,1-3H3,(H,37,46)(H,40,45)(H,43,44)/t35-;30-;29-/m000/s1. The third kappa shape index (κ3) is 31.0. The maximum Gasteiger partial charge on any atom is 0.305 e. The molecule has 0 radical (unpaired) electrons. The van der Waals surface area contributed by atoms with Crippen LogP contribution in [-0.4, -0.2) is 167 Å². The van der Waals surface area contributed by atoms with E-state index in [9.17, 15) is 43.2 Å². The number of rotatable bonds is 37. The van der Waals surface area contributed by atoms with E-state index in [-0.39, 0.29) is 74.4 Å². The zero-order valence-electron chi connectivity index (χ0n) is 84.3. The highest BCUT2D eigenvalue weighted by Crippen LogP contribution is 2.33. The summed E-state index contributed by atoms with van der Waals surface area (Å²) in [6, 6.07) is 67.5. The molecular weight excluding hydrogens is 1870 g/mol. The molecule has 9 aromatic carbocycles. The van der Waals surface area contributed by atoms with E-state index in [2.05, 4.69) is 198 Å². The number of amides is 6. The van der Waals surface area contributed by atoms with Gasteiger partial charge >= 0.3 is 17.9 Å². The molecule has 0 unspecified atom stereocenters. The predicted molar refractivity (Wildman–Crippen MR) is 558 cm³/mol. The highest BCUT2D eigenvalue weighted by Gasteiger charge is 2.30. The Bertz CT molecular complexity index is 7020. The number of aromatic nitrogens is 12. The van der Waals surface area contributed by atoms with Crippen molar-refractivity contribution in [1.29, 1.82) is 0 Å². The lowest BCUT2D eigenvalue weighted by Crippen LogP contribution is -2.48. The van der Waals surface area contributed by atoms with Crippen molar-refractivity contribution in [3.8, 4) is 91.0 Å². The number of benzene rings is 9. The first-order valence-electron chi connectivity index (χ1n) is 49.2. The first kappa shape index (κ1) is 107. The Hall–Kier alpha value is -17.1. The Morgan fingerprint density at radius 2 is 0.669 bits per heavy atom. The summed E-state index contributed by atoms with van der Waals surface area (Å²) < 4.78 is 16.5. The molecule has 0 spiro atoms. The van der Waals surface area contributed by atoms with Crippen molar-refractivity contribution in [2.45, 2.75) is 193 Å². The molecule has 1 aliphatic carbocycles. The van der Waals surface area contributed by atoms with Gasteiger partial charge in [0.2, 0.25) is 23.5 Å². The average Bonchev–Trinajstić information content (AvgIpc) is 1.75. The van der Waals surface area contributed by atoms with E-state index < -0.39 is 71.5 Å². The number of carbonyl (C=O) groups excluding carboxylic acids is 6. The van der Waals surface area contributed by atoms with E-state index >= 15 is 0 Å². The Morgan fingerprint density at radius 3 is 1.03 bits per heavy atom. The summed E-state index contributed by atoms with van der Waals surface area (Å²) in [5.41, 5.74) is 16.1. The molecule has 6 aromatic heterocycles. The minimum Gasteiger partial charge on any atom is -0.481 e. The van der Waals surface area contributed by atoms with E-state index in [0.29, 0.717) is 92.5 Å². The first-order chi connectivity index (χ1) is 71.0. The Kier molecular flexibility index (Phi) is 36.0. The van der Waals surface area contributed by atoms with Crippen molar-refractivity contribution >= 4 is 53.4 Å². The van der Waals surface area contributed by atoms with Crippen molar-refractivity contribution in [3.05, 3.63) is 334 Å². The summed E-state index contributed by atoms with van der Waals surface area (Å²) in [6.07, 6.45) is 18.3. The molecule has 760 valence electrons. The number of aryl methyl sites for hydroxylation is 3. The van der Waals surface area contributed by atoms with E-state index in [1.807, 2.05) is 152 Å². The van der Waals surface area contributed by atoms with Gasteiger partial charge in [0.1, 0.15) is 18.1 Å². The summed E-state index contributed by atoms with van der Waals surface area (Å²) in [7, 11) is 0. The molecule has 0 saturated heterocycles. The van der Waals surface area contributed by atoms with Crippen LogP contribution in [0.15, 0.2) is 275 Å².